The van der Waals surface area contributed by atoms with Gasteiger partial charge < -0.3 is 4.57 Å². The molecule has 2 heterocycles. The van der Waals surface area contributed by atoms with Crippen molar-refractivity contribution in [2.75, 3.05) is 0 Å². The van der Waals surface area contributed by atoms with Crippen LogP contribution in [0.1, 0.15) is 47.4 Å². The molecule has 2 aromatic carbocycles. The van der Waals surface area contributed by atoms with Crippen LogP contribution in [0.15, 0.2) is 53.6 Å². The predicted octanol–water partition coefficient (Wildman–Crippen LogP) is 4.11. The largest absolute Gasteiger partial charge is 0.339 e. The second-order valence-electron chi connectivity index (χ2n) is 8.11. The number of carbonyl (C=O) groups is 1. The second-order valence-corrected chi connectivity index (χ2v) is 8.11. The quantitative estimate of drug-likeness (QED) is 0.748. The van der Waals surface area contributed by atoms with Crippen LogP contribution in [0.5, 0.6) is 0 Å². The molecule has 130 valence electrons. The zero-order valence-electron chi connectivity index (χ0n) is 15.0. The van der Waals surface area contributed by atoms with Crippen molar-refractivity contribution < 1.29 is 4.79 Å². The first-order chi connectivity index (χ1) is 12.5. The first-order valence-electron chi connectivity index (χ1n) is 9.09. The normalized spacial score (nSPS) is 17.6. The van der Waals surface area contributed by atoms with Gasteiger partial charge in [0.25, 0.3) is 5.91 Å². The summed E-state index contributed by atoms with van der Waals surface area (Å²) in [6, 6.07) is 16.5. The third-order valence-electron chi connectivity index (χ3n) is 5.50. The van der Waals surface area contributed by atoms with Crippen molar-refractivity contribution in [1.29, 1.82) is 0 Å². The maximum atomic E-state index is 12.6. The lowest BCUT2D eigenvalue weighted by atomic mass is 9.75. The fourth-order valence-electron chi connectivity index (χ4n) is 4.41. The Morgan fingerprint density at radius 3 is 2.69 bits per heavy atom. The molecule has 1 amide bonds. The number of benzene rings is 2. The lowest BCUT2D eigenvalue weighted by molar-refractivity contribution is 0.0956. The molecule has 0 radical (unpaired) electrons. The average Bonchev–Trinajstić information content (AvgIpc) is 2.84. The number of hydrogen-bond acceptors (Lipinski definition) is 2. The number of hydrazone groups is 1. The van der Waals surface area contributed by atoms with Gasteiger partial charge in [0.1, 0.15) is 0 Å². The molecule has 0 bridgehead atoms. The Morgan fingerprint density at radius 1 is 1.08 bits per heavy atom. The van der Waals surface area contributed by atoms with E-state index in [1.807, 2.05) is 18.2 Å². The van der Waals surface area contributed by atoms with E-state index < -0.39 is 0 Å². The van der Waals surface area contributed by atoms with Gasteiger partial charge in [-0.1, -0.05) is 50.2 Å². The summed E-state index contributed by atoms with van der Waals surface area (Å²) in [5.41, 5.74) is 9.45. The highest BCUT2D eigenvalue weighted by atomic mass is 16.2. The number of nitrogens with zero attached hydrogens (tertiary/aromatic N) is 2. The van der Waals surface area contributed by atoms with Gasteiger partial charge >= 0.3 is 0 Å². The Balaban J connectivity index is 1.84. The maximum absolute atomic E-state index is 12.6. The molecule has 0 saturated carbocycles. The molecular weight excluding hydrogens is 322 g/mol. The van der Waals surface area contributed by atoms with Crippen molar-refractivity contribution in [3.05, 3.63) is 70.9 Å². The number of rotatable bonds is 2. The fourth-order valence-corrected chi connectivity index (χ4v) is 4.41. The van der Waals surface area contributed by atoms with E-state index in [4.69, 9.17) is 0 Å². The van der Waals surface area contributed by atoms with Crippen molar-refractivity contribution in [3.8, 4) is 0 Å². The van der Waals surface area contributed by atoms with E-state index in [0.717, 1.165) is 41.6 Å². The molecule has 0 unspecified atom stereocenters. The van der Waals surface area contributed by atoms with E-state index in [-0.39, 0.29) is 11.3 Å². The Hall–Kier alpha value is -2.88. The third kappa shape index (κ3) is 2.22. The van der Waals surface area contributed by atoms with Gasteiger partial charge in [0.2, 0.25) is 0 Å². The number of nitrogens with one attached hydrogen (secondary N) is 1. The van der Waals surface area contributed by atoms with Gasteiger partial charge in [0.05, 0.1) is 16.8 Å². The maximum Gasteiger partial charge on any atom is 0.272 e. The molecule has 0 saturated heterocycles. The van der Waals surface area contributed by atoms with Crippen LogP contribution >= 0.6 is 0 Å². The minimum atomic E-state index is -0.116. The second kappa shape index (κ2) is 5.31. The van der Waals surface area contributed by atoms with Gasteiger partial charge in [0, 0.05) is 23.2 Å². The summed E-state index contributed by atoms with van der Waals surface area (Å²) in [6.07, 6.45) is 1.86. The van der Waals surface area contributed by atoms with Gasteiger partial charge in [-0.2, -0.15) is 5.10 Å². The lowest BCUT2D eigenvalue weighted by Crippen LogP contribution is -2.29. The Morgan fingerprint density at radius 2 is 1.88 bits per heavy atom. The van der Waals surface area contributed by atoms with Crippen LogP contribution < -0.4 is 5.43 Å². The van der Waals surface area contributed by atoms with E-state index in [0.29, 0.717) is 0 Å². The van der Waals surface area contributed by atoms with E-state index in [1.54, 1.807) is 0 Å². The van der Waals surface area contributed by atoms with E-state index in [2.05, 4.69) is 59.3 Å². The summed E-state index contributed by atoms with van der Waals surface area (Å²) in [5, 5.41) is 5.55. The fraction of sp³-hybridized carbons (Fsp3) is 0.273. The minimum Gasteiger partial charge on any atom is -0.339 e. The van der Waals surface area contributed by atoms with Gasteiger partial charge in [-0.3, -0.25) is 4.79 Å². The smallest absolute Gasteiger partial charge is 0.272 e. The molecular formula is C22H21N3O. The molecule has 1 N–H and O–H groups in total. The van der Waals surface area contributed by atoms with E-state index in [1.165, 1.54) is 16.8 Å². The molecule has 3 aromatic rings. The lowest BCUT2D eigenvalue weighted by Gasteiger charge is -2.31. The predicted molar refractivity (Wildman–Crippen MR) is 104 cm³/mol. The summed E-state index contributed by atoms with van der Waals surface area (Å²) in [5.74, 6) is -0.116. The molecule has 26 heavy (non-hydrogen) atoms. The van der Waals surface area contributed by atoms with Crippen LogP contribution in [0.4, 0.5) is 0 Å². The van der Waals surface area contributed by atoms with Gasteiger partial charge in [-0.25, -0.2) is 5.43 Å². The number of hydrogen-bond donors (Lipinski definition) is 1. The van der Waals surface area contributed by atoms with Crippen molar-refractivity contribution in [2.24, 2.45) is 10.5 Å². The topological polar surface area (TPSA) is 46.4 Å². The summed E-state index contributed by atoms with van der Waals surface area (Å²) < 4.78 is 2.39. The van der Waals surface area contributed by atoms with Crippen LogP contribution in [0.2, 0.25) is 0 Å². The van der Waals surface area contributed by atoms with Crippen LogP contribution in [-0.4, -0.2) is 16.2 Å². The van der Waals surface area contributed by atoms with Crippen LogP contribution in [0, 0.1) is 5.41 Å². The van der Waals surface area contributed by atoms with Crippen LogP contribution in [0.25, 0.3) is 10.9 Å². The Bertz CT molecular complexity index is 1070. The number of aromatic nitrogens is 1. The molecule has 2 aliphatic rings. The first-order valence-corrected chi connectivity index (χ1v) is 9.09. The number of carbonyl (C=O) groups excluding carboxylic acids is 1. The van der Waals surface area contributed by atoms with Crippen molar-refractivity contribution >= 4 is 22.5 Å². The summed E-state index contributed by atoms with van der Waals surface area (Å²) in [4.78, 5) is 12.6. The molecule has 0 fully saturated rings. The van der Waals surface area contributed by atoms with Gasteiger partial charge in [0.15, 0.2) is 0 Å². The van der Waals surface area contributed by atoms with Crippen molar-refractivity contribution in [2.45, 2.75) is 33.2 Å². The molecule has 0 atom stereocenters. The Kier molecular flexibility index (Phi) is 3.14. The van der Waals surface area contributed by atoms with Crippen LogP contribution in [-0.2, 0) is 13.0 Å². The summed E-state index contributed by atoms with van der Waals surface area (Å²) in [6.45, 7) is 5.36. The first kappa shape index (κ1) is 15.4. The summed E-state index contributed by atoms with van der Waals surface area (Å²) in [7, 11) is 0. The molecule has 0 spiro atoms. The third-order valence-corrected chi connectivity index (χ3v) is 5.50. The van der Waals surface area contributed by atoms with E-state index >= 15 is 0 Å². The molecule has 1 aliphatic heterocycles. The zero-order valence-corrected chi connectivity index (χ0v) is 15.0. The van der Waals surface area contributed by atoms with Crippen molar-refractivity contribution in [1.82, 2.24) is 9.99 Å². The molecule has 1 aliphatic carbocycles. The molecule has 1 aromatic heterocycles. The summed E-state index contributed by atoms with van der Waals surface area (Å²) >= 11 is 0. The zero-order chi connectivity index (χ0) is 17.9. The van der Waals surface area contributed by atoms with Crippen LogP contribution in [0.3, 0.4) is 0 Å². The van der Waals surface area contributed by atoms with Gasteiger partial charge in [-0.05, 0) is 36.0 Å². The Labute approximate surface area is 152 Å². The van der Waals surface area contributed by atoms with Crippen molar-refractivity contribution in [3.63, 3.8) is 0 Å². The molecule has 4 heteroatoms. The number of amides is 1. The minimum absolute atomic E-state index is 0.115. The highest BCUT2D eigenvalue weighted by molar-refractivity contribution is 6.21. The average molecular weight is 343 g/mol. The highest BCUT2D eigenvalue weighted by Gasteiger charge is 2.36. The monoisotopic (exact) mass is 343 g/mol. The molecule has 5 rings (SSSR count). The SMILES string of the molecule is CC1(C)CC2=NNC(=O)c3cccc4c3c2c(n4Cc2ccccc2)C1. The highest BCUT2D eigenvalue weighted by Crippen LogP contribution is 2.42. The molecule has 4 nitrogen and oxygen atoms in total. The standard InChI is InChI=1S/C22H21N3O/c1-22(2)11-16-20-18(12-22)25(13-14-7-4-3-5-8-14)17-10-6-9-15(19(17)20)21(26)24-23-16/h3-10H,11-13H2,1-2H3,(H,24,26). The van der Waals surface area contributed by atoms with Gasteiger partial charge in [-0.15, -0.1) is 0 Å². The van der Waals surface area contributed by atoms with E-state index in [9.17, 15) is 4.79 Å².